The van der Waals surface area contributed by atoms with Gasteiger partial charge in [-0.25, -0.2) is 14.8 Å². The number of carboxylic acids is 1. The first-order valence-electron chi connectivity index (χ1n) is 6.44. The molecule has 1 N–H and O–H groups in total. The highest BCUT2D eigenvalue weighted by Gasteiger charge is 2.23. The number of carbonyl (C=O) groups is 1. The van der Waals surface area contributed by atoms with Crippen molar-refractivity contribution < 1.29 is 9.90 Å². The molecule has 0 amide bonds. The fourth-order valence-electron chi connectivity index (χ4n) is 2.31. The molecule has 0 spiro atoms. The highest BCUT2D eigenvalue weighted by Crippen LogP contribution is 2.24. The molecular formula is C13H13ClN4O2S. The summed E-state index contributed by atoms with van der Waals surface area (Å²) in [5.74, 6) is -0.551. The Hall–Kier alpha value is -1.86. The Morgan fingerprint density at radius 3 is 2.57 bits per heavy atom. The van der Waals surface area contributed by atoms with Gasteiger partial charge in [-0.3, -0.25) is 0 Å². The number of hydrogen-bond donors (Lipinski definition) is 1. The smallest absolute Gasteiger partial charge is 0.339 e. The van der Waals surface area contributed by atoms with Crippen LogP contribution in [0.3, 0.4) is 0 Å². The first-order chi connectivity index (χ1) is 10.1. The van der Waals surface area contributed by atoms with Crippen LogP contribution in [0.15, 0.2) is 23.7 Å². The van der Waals surface area contributed by atoms with Crippen molar-refractivity contribution in [3.63, 3.8) is 0 Å². The lowest BCUT2D eigenvalue weighted by Crippen LogP contribution is -2.47. The monoisotopic (exact) mass is 324 g/mol. The summed E-state index contributed by atoms with van der Waals surface area (Å²) in [4.78, 5) is 23.9. The van der Waals surface area contributed by atoms with Gasteiger partial charge in [-0.2, -0.15) is 0 Å². The average Bonchev–Trinajstić information content (AvgIpc) is 3.01. The van der Waals surface area contributed by atoms with Gasteiger partial charge in [0.1, 0.15) is 16.5 Å². The molecule has 110 valence electrons. The minimum Gasteiger partial charge on any atom is -0.478 e. The van der Waals surface area contributed by atoms with Gasteiger partial charge in [-0.1, -0.05) is 11.6 Å². The fraction of sp³-hybridized carbons (Fsp3) is 0.308. The zero-order chi connectivity index (χ0) is 14.8. The summed E-state index contributed by atoms with van der Waals surface area (Å²) in [7, 11) is 0. The van der Waals surface area contributed by atoms with Crippen LogP contribution in [0.25, 0.3) is 0 Å². The maximum Gasteiger partial charge on any atom is 0.339 e. The lowest BCUT2D eigenvalue weighted by atomic mass is 10.2. The van der Waals surface area contributed by atoms with Crippen molar-refractivity contribution >= 4 is 39.9 Å². The van der Waals surface area contributed by atoms with Gasteiger partial charge in [0.15, 0.2) is 5.13 Å². The van der Waals surface area contributed by atoms with Gasteiger partial charge in [0.2, 0.25) is 0 Å². The van der Waals surface area contributed by atoms with E-state index in [1.54, 1.807) is 17.5 Å². The Bertz CT molecular complexity index is 642. The molecule has 2 aromatic heterocycles. The molecular weight excluding hydrogens is 312 g/mol. The lowest BCUT2D eigenvalue weighted by Gasteiger charge is -2.35. The van der Waals surface area contributed by atoms with E-state index >= 15 is 0 Å². The topological polar surface area (TPSA) is 69.6 Å². The van der Waals surface area contributed by atoms with E-state index in [9.17, 15) is 9.90 Å². The molecule has 8 heteroatoms. The number of aromatic carboxylic acids is 1. The third-order valence-electron chi connectivity index (χ3n) is 3.34. The van der Waals surface area contributed by atoms with Crippen molar-refractivity contribution in [3.05, 3.63) is 34.4 Å². The van der Waals surface area contributed by atoms with Gasteiger partial charge >= 0.3 is 5.97 Å². The zero-order valence-electron chi connectivity index (χ0n) is 11.1. The van der Waals surface area contributed by atoms with Crippen molar-refractivity contribution in [1.29, 1.82) is 0 Å². The van der Waals surface area contributed by atoms with E-state index in [0.29, 0.717) is 24.1 Å². The highest BCUT2D eigenvalue weighted by atomic mass is 35.5. The largest absolute Gasteiger partial charge is 0.478 e. The summed E-state index contributed by atoms with van der Waals surface area (Å²) < 4.78 is 0. The summed E-state index contributed by atoms with van der Waals surface area (Å²) in [6.45, 7) is 2.93. The Labute approximate surface area is 130 Å². The van der Waals surface area contributed by atoms with Crippen LogP contribution in [0.5, 0.6) is 0 Å². The van der Waals surface area contributed by atoms with Crippen LogP contribution in [0.1, 0.15) is 10.4 Å². The standard InChI is InChI=1S/C13H13ClN4O2S/c14-10-2-1-9(12(19)20)11(16-10)17-4-6-18(7-5-17)13-15-3-8-21-13/h1-3,8H,4-7H2,(H,19,20). The van der Waals surface area contributed by atoms with Gasteiger partial charge in [-0.05, 0) is 12.1 Å². The Balaban J connectivity index is 1.78. The molecule has 0 aliphatic carbocycles. The van der Waals surface area contributed by atoms with Crippen molar-refractivity contribution in [2.45, 2.75) is 0 Å². The molecule has 0 unspecified atom stereocenters. The number of hydrogen-bond acceptors (Lipinski definition) is 6. The van der Waals surface area contributed by atoms with E-state index in [-0.39, 0.29) is 5.56 Å². The normalized spacial score (nSPS) is 15.3. The number of pyridine rings is 1. The molecule has 1 fully saturated rings. The molecule has 3 heterocycles. The number of thiazole rings is 1. The molecule has 0 bridgehead atoms. The quantitative estimate of drug-likeness (QED) is 0.873. The molecule has 0 aromatic carbocycles. The molecule has 1 aliphatic heterocycles. The van der Waals surface area contributed by atoms with Crippen LogP contribution in [0, 0.1) is 0 Å². The number of nitrogens with zero attached hydrogens (tertiary/aromatic N) is 4. The molecule has 0 atom stereocenters. The maximum atomic E-state index is 11.3. The number of rotatable bonds is 3. The Kier molecular flexibility index (Phi) is 3.94. The van der Waals surface area contributed by atoms with Crippen molar-refractivity contribution in [1.82, 2.24) is 9.97 Å². The van der Waals surface area contributed by atoms with E-state index in [1.807, 2.05) is 10.3 Å². The van der Waals surface area contributed by atoms with Gasteiger partial charge < -0.3 is 14.9 Å². The maximum absolute atomic E-state index is 11.3. The minimum absolute atomic E-state index is 0.182. The van der Waals surface area contributed by atoms with Gasteiger partial charge in [0.25, 0.3) is 0 Å². The second-order valence-corrected chi connectivity index (χ2v) is 5.86. The number of anilines is 2. The Morgan fingerprint density at radius 1 is 1.24 bits per heavy atom. The third kappa shape index (κ3) is 2.93. The molecule has 3 rings (SSSR count). The van der Waals surface area contributed by atoms with E-state index in [4.69, 9.17) is 11.6 Å². The van der Waals surface area contributed by atoms with Gasteiger partial charge in [0.05, 0.1) is 0 Å². The summed E-state index contributed by atoms with van der Waals surface area (Å²) >= 11 is 7.50. The van der Waals surface area contributed by atoms with Crippen LogP contribution in [0.4, 0.5) is 10.9 Å². The Morgan fingerprint density at radius 2 is 1.95 bits per heavy atom. The third-order valence-corrected chi connectivity index (χ3v) is 4.38. The SMILES string of the molecule is O=C(O)c1ccc(Cl)nc1N1CCN(c2nccs2)CC1. The van der Waals surface area contributed by atoms with Crippen LogP contribution in [-0.2, 0) is 0 Å². The predicted molar refractivity (Wildman–Crippen MR) is 82.7 cm³/mol. The van der Waals surface area contributed by atoms with E-state index in [1.165, 1.54) is 12.1 Å². The molecule has 21 heavy (non-hydrogen) atoms. The summed E-state index contributed by atoms with van der Waals surface area (Å²) in [5, 5.41) is 12.5. The number of halogens is 1. The van der Waals surface area contributed by atoms with Crippen molar-refractivity contribution in [3.8, 4) is 0 Å². The first-order valence-corrected chi connectivity index (χ1v) is 7.70. The van der Waals surface area contributed by atoms with Crippen LogP contribution < -0.4 is 9.80 Å². The van der Waals surface area contributed by atoms with Crippen LogP contribution in [-0.4, -0.2) is 47.2 Å². The van der Waals surface area contributed by atoms with Crippen LogP contribution >= 0.6 is 22.9 Å². The molecule has 2 aromatic rings. The molecule has 0 radical (unpaired) electrons. The molecule has 6 nitrogen and oxygen atoms in total. The highest BCUT2D eigenvalue weighted by molar-refractivity contribution is 7.13. The molecule has 1 saturated heterocycles. The van der Waals surface area contributed by atoms with E-state index < -0.39 is 5.97 Å². The molecule has 1 aliphatic rings. The zero-order valence-corrected chi connectivity index (χ0v) is 12.6. The summed E-state index contributed by atoms with van der Waals surface area (Å²) in [5.41, 5.74) is 0.182. The minimum atomic E-state index is -0.989. The van der Waals surface area contributed by atoms with Gasteiger partial charge in [0, 0.05) is 37.8 Å². The average molecular weight is 325 g/mol. The van der Waals surface area contributed by atoms with Crippen LogP contribution in [0.2, 0.25) is 5.15 Å². The first kappa shape index (κ1) is 14.1. The molecule has 0 saturated carbocycles. The van der Waals surface area contributed by atoms with Gasteiger partial charge in [-0.15, -0.1) is 11.3 Å². The lowest BCUT2D eigenvalue weighted by molar-refractivity contribution is 0.0697. The van der Waals surface area contributed by atoms with Crippen molar-refractivity contribution in [2.75, 3.05) is 36.0 Å². The predicted octanol–water partition coefficient (Wildman–Crippen LogP) is 2.22. The number of carboxylic acid groups (broad SMARTS) is 1. The van der Waals surface area contributed by atoms with Crippen molar-refractivity contribution in [2.24, 2.45) is 0 Å². The number of piperazine rings is 1. The van der Waals surface area contributed by atoms with E-state index in [2.05, 4.69) is 14.9 Å². The fourth-order valence-corrected chi connectivity index (χ4v) is 3.15. The van der Waals surface area contributed by atoms with E-state index in [0.717, 1.165) is 18.2 Å². The summed E-state index contributed by atoms with van der Waals surface area (Å²) in [6.07, 6.45) is 1.79. The second kappa shape index (κ2) is 5.87. The second-order valence-electron chi connectivity index (χ2n) is 4.60. The number of aromatic nitrogens is 2. The summed E-state index contributed by atoms with van der Waals surface area (Å²) in [6, 6.07) is 3.00.